The van der Waals surface area contributed by atoms with Gasteiger partial charge in [-0.3, -0.25) is 10.2 Å². The maximum Gasteiger partial charge on any atom is 0.417 e. The molecule has 1 amide bonds. The molecule has 1 aliphatic heterocycles. The Morgan fingerprint density at radius 1 is 1.22 bits per heavy atom. The molecule has 4 nitrogen and oxygen atoms in total. The highest BCUT2D eigenvalue weighted by atomic mass is 35.5. The first-order chi connectivity index (χ1) is 12.6. The number of nitrogens with one attached hydrogen (secondary N) is 2. The Hall–Kier alpha value is -2.61. The van der Waals surface area contributed by atoms with Gasteiger partial charge < -0.3 is 5.32 Å². The number of alkyl halides is 3. The predicted octanol–water partition coefficient (Wildman–Crippen LogP) is 4.59. The number of hydrazone groups is 1. The van der Waals surface area contributed by atoms with Gasteiger partial charge in [-0.2, -0.15) is 18.3 Å². The van der Waals surface area contributed by atoms with Crippen molar-refractivity contribution >= 4 is 28.9 Å². The summed E-state index contributed by atoms with van der Waals surface area (Å²) in [5.41, 5.74) is 1.66. The van der Waals surface area contributed by atoms with Crippen LogP contribution < -0.4 is 10.7 Å². The summed E-state index contributed by atoms with van der Waals surface area (Å²) in [5, 5.41) is 6.11. The molecule has 9 heteroatoms. The van der Waals surface area contributed by atoms with E-state index in [1.165, 1.54) is 30.3 Å². The minimum absolute atomic E-state index is 0.0324. The molecule has 2 aromatic carbocycles. The number of nitrogens with zero attached hydrogens (tertiary/aromatic N) is 1. The Morgan fingerprint density at radius 3 is 2.52 bits per heavy atom. The molecule has 0 radical (unpaired) electrons. The molecule has 0 spiro atoms. The quantitative estimate of drug-likeness (QED) is 0.741. The second-order valence-electron chi connectivity index (χ2n) is 6.33. The van der Waals surface area contributed by atoms with Gasteiger partial charge in [0.25, 0.3) is 5.91 Å². The molecule has 0 fully saturated rings. The van der Waals surface area contributed by atoms with E-state index in [0.717, 1.165) is 12.1 Å². The van der Waals surface area contributed by atoms with Crippen LogP contribution in [0.1, 0.15) is 24.5 Å². The van der Waals surface area contributed by atoms with E-state index < -0.39 is 34.0 Å². The molecule has 1 unspecified atom stereocenters. The Labute approximate surface area is 157 Å². The van der Waals surface area contributed by atoms with Crippen LogP contribution in [-0.2, 0) is 11.0 Å². The van der Waals surface area contributed by atoms with Gasteiger partial charge in [-0.25, -0.2) is 4.39 Å². The molecule has 1 atom stereocenters. The van der Waals surface area contributed by atoms with Gasteiger partial charge in [-0.1, -0.05) is 23.7 Å². The lowest BCUT2D eigenvalue weighted by molar-refractivity contribution is -0.137. The minimum Gasteiger partial charge on any atom is -0.324 e. The number of anilines is 1. The number of carbonyl (C=O) groups excluding carboxylic acids is 1. The third-order valence-corrected chi connectivity index (χ3v) is 4.50. The van der Waals surface area contributed by atoms with Crippen molar-refractivity contribution in [2.45, 2.75) is 25.1 Å². The number of hydrogen-bond acceptors (Lipinski definition) is 3. The molecule has 3 rings (SSSR count). The molecule has 1 heterocycles. The van der Waals surface area contributed by atoms with E-state index in [9.17, 15) is 22.4 Å². The van der Waals surface area contributed by atoms with Crippen molar-refractivity contribution in [3.05, 3.63) is 64.4 Å². The van der Waals surface area contributed by atoms with Crippen molar-refractivity contribution in [1.82, 2.24) is 5.43 Å². The molecule has 0 aliphatic carbocycles. The van der Waals surface area contributed by atoms with Crippen LogP contribution in [0.25, 0.3) is 0 Å². The van der Waals surface area contributed by atoms with Crippen LogP contribution in [0.15, 0.2) is 47.6 Å². The maximum atomic E-state index is 13.0. The van der Waals surface area contributed by atoms with E-state index in [1.807, 2.05) is 0 Å². The highest BCUT2D eigenvalue weighted by Gasteiger charge is 2.39. The molecular formula is C18H14ClF4N3O. The largest absolute Gasteiger partial charge is 0.417 e. The molecular weight excluding hydrogens is 386 g/mol. The first kappa shape index (κ1) is 19.2. The zero-order valence-corrected chi connectivity index (χ0v) is 14.7. The SMILES string of the molecule is CC1(C(=O)Nc2ccc(Cl)c(C(F)(F)F)c2)CC(c2ccc(F)cc2)=NN1. The third-order valence-electron chi connectivity index (χ3n) is 4.17. The summed E-state index contributed by atoms with van der Waals surface area (Å²) in [6, 6.07) is 8.77. The summed E-state index contributed by atoms with van der Waals surface area (Å²) in [4.78, 5) is 12.6. The lowest BCUT2D eigenvalue weighted by Gasteiger charge is -2.23. The van der Waals surface area contributed by atoms with E-state index >= 15 is 0 Å². The van der Waals surface area contributed by atoms with Crippen molar-refractivity contribution < 1.29 is 22.4 Å². The van der Waals surface area contributed by atoms with Gasteiger partial charge in [0.15, 0.2) is 0 Å². The number of carbonyl (C=O) groups is 1. The van der Waals surface area contributed by atoms with Gasteiger partial charge >= 0.3 is 6.18 Å². The van der Waals surface area contributed by atoms with Crippen LogP contribution in [0.2, 0.25) is 5.02 Å². The number of rotatable bonds is 3. The Bertz CT molecular complexity index is 912. The van der Waals surface area contributed by atoms with Crippen LogP contribution in [0.5, 0.6) is 0 Å². The number of halogens is 5. The molecule has 142 valence electrons. The summed E-state index contributed by atoms with van der Waals surface area (Å²) >= 11 is 5.58. The summed E-state index contributed by atoms with van der Waals surface area (Å²) < 4.78 is 51.9. The van der Waals surface area contributed by atoms with Crippen LogP contribution in [0, 0.1) is 5.82 Å². The van der Waals surface area contributed by atoms with Gasteiger partial charge in [0.2, 0.25) is 0 Å². The zero-order valence-electron chi connectivity index (χ0n) is 14.0. The van der Waals surface area contributed by atoms with Gasteiger partial charge in [0, 0.05) is 12.1 Å². The van der Waals surface area contributed by atoms with Crippen molar-refractivity contribution in [2.75, 3.05) is 5.32 Å². The lowest BCUT2D eigenvalue weighted by Crippen LogP contribution is -2.47. The van der Waals surface area contributed by atoms with E-state index in [2.05, 4.69) is 15.8 Å². The number of amides is 1. The molecule has 0 saturated carbocycles. The average molecular weight is 400 g/mol. The Balaban J connectivity index is 1.75. The smallest absolute Gasteiger partial charge is 0.324 e. The Morgan fingerprint density at radius 2 is 1.89 bits per heavy atom. The van der Waals surface area contributed by atoms with Crippen LogP contribution >= 0.6 is 11.6 Å². The van der Waals surface area contributed by atoms with Crippen molar-refractivity contribution in [3.63, 3.8) is 0 Å². The van der Waals surface area contributed by atoms with Crippen LogP contribution in [-0.4, -0.2) is 17.2 Å². The molecule has 27 heavy (non-hydrogen) atoms. The second-order valence-corrected chi connectivity index (χ2v) is 6.74. The summed E-state index contributed by atoms with van der Waals surface area (Å²) in [6.45, 7) is 1.57. The van der Waals surface area contributed by atoms with E-state index in [-0.39, 0.29) is 12.1 Å². The highest BCUT2D eigenvalue weighted by molar-refractivity contribution is 6.31. The zero-order chi connectivity index (χ0) is 19.8. The lowest BCUT2D eigenvalue weighted by atomic mass is 9.93. The first-order valence-corrected chi connectivity index (χ1v) is 8.24. The van der Waals surface area contributed by atoms with E-state index in [1.54, 1.807) is 6.92 Å². The molecule has 2 N–H and O–H groups in total. The van der Waals surface area contributed by atoms with E-state index in [4.69, 9.17) is 11.6 Å². The van der Waals surface area contributed by atoms with E-state index in [0.29, 0.717) is 11.3 Å². The normalized spacial score (nSPS) is 19.4. The first-order valence-electron chi connectivity index (χ1n) is 7.86. The summed E-state index contributed by atoms with van der Waals surface area (Å²) in [6.07, 6.45) is -4.45. The van der Waals surface area contributed by atoms with Gasteiger partial charge in [0.1, 0.15) is 11.4 Å². The molecule has 0 bridgehead atoms. The van der Waals surface area contributed by atoms with Crippen LogP contribution in [0.4, 0.5) is 23.2 Å². The number of benzene rings is 2. The second kappa shape index (κ2) is 6.84. The number of hydrogen-bond donors (Lipinski definition) is 2. The third kappa shape index (κ3) is 4.05. The van der Waals surface area contributed by atoms with Gasteiger partial charge in [-0.15, -0.1) is 0 Å². The van der Waals surface area contributed by atoms with Gasteiger partial charge in [-0.05, 0) is 42.8 Å². The van der Waals surface area contributed by atoms with Crippen molar-refractivity contribution in [1.29, 1.82) is 0 Å². The van der Waals surface area contributed by atoms with Crippen molar-refractivity contribution in [2.24, 2.45) is 5.10 Å². The predicted molar refractivity (Wildman–Crippen MR) is 94.2 cm³/mol. The molecule has 0 saturated heterocycles. The fraction of sp³-hybridized carbons (Fsp3) is 0.222. The van der Waals surface area contributed by atoms with Crippen molar-refractivity contribution in [3.8, 4) is 0 Å². The fourth-order valence-corrected chi connectivity index (χ4v) is 2.86. The molecule has 1 aliphatic rings. The topological polar surface area (TPSA) is 53.5 Å². The molecule has 0 aromatic heterocycles. The van der Waals surface area contributed by atoms with Gasteiger partial charge in [0.05, 0.1) is 16.3 Å². The Kier molecular flexibility index (Phi) is 4.86. The standard InChI is InChI=1S/C18H14ClF4N3O/c1-17(9-15(25-26-17)10-2-4-11(20)5-3-10)16(27)24-12-6-7-14(19)13(8-12)18(21,22)23/h2-8,26H,9H2,1H3,(H,24,27). The monoisotopic (exact) mass is 399 g/mol. The maximum absolute atomic E-state index is 13.0. The van der Waals surface area contributed by atoms with Crippen LogP contribution in [0.3, 0.4) is 0 Å². The fourth-order valence-electron chi connectivity index (χ4n) is 2.63. The minimum atomic E-state index is -4.63. The average Bonchev–Trinajstić information content (AvgIpc) is 3.00. The summed E-state index contributed by atoms with van der Waals surface area (Å²) in [7, 11) is 0. The molecule has 2 aromatic rings. The highest BCUT2D eigenvalue weighted by Crippen LogP contribution is 2.36. The summed E-state index contributed by atoms with van der Waals surface area (Å²) in [5.74, 6) is -0.951.